The molecule has 98 valence electrons. The van der Waals surface area contributed by atoms with Crippen molar-refractivity contribution in [3.63, 3.8) is 0 Å². The molecule has 1 aromatic heterocycles. The van der Waals surface area contributed by atoms with Gasteiger partial charge in [0.05, 0.1) is 24.6 Å². The van der Waals surface area contributed by atoms with Gasteiger partial charge in [0.2, 0.25) is 0 Å². The third-order valence-corrected chi connectivity index (χ3v) is 3.48. The highest BCUT2D eigenvalue weighted by Gasteiger charge is 2.28. The zero-order valence-corrected chi connectivity index (χ0v) is 10.8. The third-order valence-electron chi connectivity index (χ3n) is 3.48. The van der Waals surface area contributed by atoms with Gasteiger partial charge < -0.3 is 15.8 Å². The Balaban J connectivity index is 2.21. The Kier molecular flexibility index (Phi) is 3.41. The molecular formula is C13H19N3O2. The van der Waals surface area contributed by atoms with E-state index < -0.39 is 5.97 Å². The van der Waals surface area contributed by atoms with Gasteiger partial charge in [-0.05, 0) is 25.8 Å². The summed E-state index contributed by atoms with van der Waals surface area (Å²) in [5.74, 6) is 0.239. The smallest absolute Gasteiger partial charge is 0.340 e. The molecule has 18 heavy (non-hydrogen) atoms. The molecule has 0 aliphatic heterocycles. The first-order chi connectivity index (χ1) is 8.54. The van der Waals surface area contributed by atoms with Crippen LogP contribution in [-0.2, 0) is 4.74 Å². The summed E-state index contributed by atoms with van der Waals surface area (Å²) < 4.78 is 4.69. The topological polar surface area (TPSA) is 77.2 Å². The van der Waals surface area contributed by atoms with E-state index in [-0.39, 0.29) is 5.54 Å². The fraction of sp³-hybridized carbons (Fsp3) is 0.538. The lowest BCUT2D eigenvalue weighted by molar-refractivity contribution is 0.0602. The van der Waals surface area contributed by atoms with Crippen molar-refractivity contribution in [3.05, 3.63) is 17.8 Å². The van der Waals surface area contributed by atoms with Gasteiger partial charge in [-0.1, -0.05) is 12.8 Å². The molecule has 0 bridgehead atoms. The minimum Gasteiger partial charge on any atom is -0.465 e. The number of nitrogens with one attached hydrogen (secondary N) is 1. The van der Waals surface area contributed by atoms with Crippen LogP contribution in [0.3, 0.4) is 0 Å². The summed E-state index contributed by atoms with van der Waals surface area (Å²) in [6.45, 7) is 2.18. The molecule has 0 saturated heterocycles. The molecule has 1 fully saturated rings. The van der Waals surface area contributed by atoms with Crippen LogP contribution >= 0.6 is 0 Å². The molecule has 0 radical (unpaired) electrons. The van der Waals surface area contributed by atoms with Crippen LogP contribution in [0.15, 0.2) is 12.3 Å². The first-order valence-electron chi connectivity index (χ1n) is 6.16. The van der Waals surface area contributed by atoms with Crippen molar-refractivity contribution in [2.75, 3.05) is 18.2 Å². The van der Waals surface area contributed by atoms with Crippen LogP contribution in [0.4, 0.5) is 11.5 Å². The lowest BCUT2D eigenvalue weighted by atomic mass is 10.0. The molecule has 2 rings (SSSR count). The first-order valence-corrected chi connectivity index (χ1v) is 6.16. The molecular weight excluding hydrogens is 230 g/mol. The van der Waals surface area contributed by atoms with Crippen LogP contribution in [0, 0.1) is 0 Å². The Morgan fingerprint density at radius 1 is 1.50 bits per heavy atom. The minimum atomic E-state index is -0.436. The average molecular weight is 249 g/mol. The summed E-state index contributed by atoms with van der Waals surface area (Å²) in [7, 11) is 1.34. The minimum absolute atomic E-state index is 0.0660. The quantitative estimate of drug-likeness (QED) is 0.803. The van der Waals surface area contributed by atoms with Crippen molar-refractivity contribution in [2.24, 2.45) is 0 Å². The first kappa shape index (κ1) is 12.7. The number of nitrogen functional groups attached to an aromatic ring is 1. The van der Waals surface area contributed by atoms with Gasteiger partial charge in [-0.25, -0.2) is 9.78 Å². The Morgan fingerprint density at radius 3 is 2.78 bits per heavy atom. The molecule has 5 heteroatoms. The number of hydrogen-bond acceptors (Lipinski definition) is 5. The second-order valence-electron chi connectivity index (χ2n) is 5.04. The van der Waals surface area contributed by atoms with E-state index in [4.69, 9.17) is 10.5 Å². The van der Waals surface area contributed by atoms with Gasteiger partial charge in [-0.3, -0.25) is 0 Å². The molecule has 0 atom stereocenters. The number of esters is 1. The van der Waals surface area contributed by atoms with Crippen LogP contribution < -0.4 is 11.1 Å². The van der Waals surface area contributed by atoms with Crippen LogP contribution in [0.2, 0.25) is 0 Å². The average Bonchev–Trinajstić information content (AvgIpc) is 2.77. The maximum Gasteiger partial charge on any atom is 0.340 e. The van der Waals surface area contributed by atoms with Gasteiger partial charge in [-0.2, -0.15) is 0 Å². The van der Waals surface area contributed by atoms with E-state index in [0.717, 1.165) is 12.8 Å². The largest absolute Gasteiger partial charge is 0.465 e. The zero-order valence-electron chi connectivity index (χ0n) is 10.8. The summed E-state index contributed by atoms with van der Waals surface area (Å²) in [6, 6.07) is 1.66. The molecule has 0 aromatic carbocycles. The second-order valence-corrected chi connectivity index (χ2v) is 5.04. The maximum atomic E-state index is 11.5. The van der Waals surface area contributed by atoms with Crippen LogP contribution in [0.1, 0.15) is 43.0 Å². The van der Waals surface area contributed by atoms with Crippen molar-refractivity contribution in [2.45, 2.75) is 38.1 Å². The summed E-state index contributed by atoms with van der Waals surface area (Å²) >= 11 is 0. The van der Waals surface area contributed by atoms with E-state index in [1.54, 1.807) is 6.07 Å². The lowest BCUT2D eigenvalue weighted by Gasteiger charge is -2.26. The number of hydrogen-bond donors (Lipinski definition) is 2. The normalized spacial score (nSPS) is 17.4. The van der Waals surface area contributed by atoms with Gasteiger partial charge in [-0.15, -0.1) is 0 Å². The Bertz CT molecular complexity index is 454. The monoisotopic (exact) mass is 249 g/mol. The number of pyridine rings is 1. The molecule has 0 unspecified atom stereocenters. The number of ether oxygens (including phenoxy) is 1. The van der Waals surface area contributed by atoms with E-state index in [1.807, 2.05) is 0 Å². The molecule has 3 N–H and O–H groups in total. The molecule has 0 amide bonds. The summed E-state index contributed by atoms with van der Waals surface area (Å²) in [4.78, 5) is 15.8. The Labute approximate surface area is 107 Å². The molecule has 0 spiro atoms. The fourth-order valence-electron chi connectivity index (χ4n) is 2.41. The summed E-state index contributed by atoms with van der Waals surface area (Å²) in [5, 5.41) is 3.39. The molecule has 1 aliphatic carbocycles. The predicted molar refractivity (Wildman–Crippen MR) is 70.5 cm³/mol. The van der Waals surface area contributed by atoms with Crippen molar-refractivity contribution < 1.29 is 9.53 Å². The Morgan fingerprint density at radius 2 is 2.17 bits per heavy atom. The van der Waals surface area contributed by atoms with E-state index >= 15 is 0 Å². The van der Waals surface area contributed by atoms with Gasteiger partial charge in [0.15, 0.2) is 0 Å². The number of anilines is 2. The fourth-order valence-corrected chi connectivity index (χ4v) is 2.41. The van der Waals surface area contributed by atoms with E-state index in [0.29, 0.717) is 17.1 Å². The number of carbonyl (C=O) groups excluding carboxylic acids is 1. The molecule has 1 heterocycles. The van der Waals surface area contributed by atoms with Crippen LogP contribution in [0.25, 0.3) is 0 Å². The number of nitrogens with zero attached hydrogens (tertiary/aromatic N) is 1. The number of nitrogens with two attached hydrogens (primary N) is 1. The zero-order chi connectivity index (χ0) is 13.2. The highest BCUT2D eigenvalue weighted by molar-refractivity contribution is 5.95. The van der Waals surface area contributed by atoms with Crippen LogP contribution in [0.5, 0.6) is 0 Å². The Hall–Kier alpha value is -1.78. The van der Waals surface area contributed by atoms with Crippen molar-refractivity contribution in [3.8, 4) is 0 Å². The van der Waals surface area contributed by atoms with Gasteiger partial charge in [0.1, 0.15) is 5.82 Å². The highest BCUT2D eigenvalue weighted by atomic mass is 16.5. The van der Waals surface area contributed by atoms with E-state index in [2.05, 4.69) is 17.2 Å². The highest BCUT2D eigenvalue weighted by Crippen LogP contribution is 2.32. The number of carbonyl (C=O) groups is 1. The molecule has 1 saturated carbocycles. The second kappa shape index (κ2) is 4.84. The number of rotatable bonds is 3. The third kappa shape index (κ3) is 2.55. The van der Waals surface area contributed by atoms with E-state index in [1.165, 1.54) is 26.1 Å². The van der Waals surface area contributed by atoms with E-state index in [9.17, 15) is 4.79 Å². The van der Waals surface area contributed by atoms with Crippen molar-refractivity contribution in [1.29, 1.82) is 0 Å². The number of methoxy groups -OCH3 is 1. The van der Waals surface area contributed by atoms with Crippen molar-refractivity contribution >= 4 is 17.5 Å². The molecule has 1 aliphatic rings. The van der Waals surface area contributed by atoms with Crippen molar-refractivity contribution in [1.82, 2.24) is 4.98 Å². The van der Waals surface area contributed by atoms with Crippen LogP contribution in [-0.4, -0.2) is 23.6 Å². The lowest BCUT2D eigenvalue weighted by Crippen LogP contribution is -2.31. The predicted octanol–water partition coefficient (Wildman–Crippen LogP) is 2.19. The van der Waals surface area contributed by atoms with Gasteiger partial charge in [0, 0.05) is 5.54 Å². The molecule has 1 aromatic rings. The maximum absolute atomic E-state index is 11.5. The standard InChI is InChI=1S/C13H19N3O2/c1-13(5-3-4-6-13)16-11-7-9(12(17)18-2)10(14)8-15-11/h7-8H,3-6,14H2,1-2H3,(H,15,16). The summed E-state index contributed by atoms with van der Waals surface area (Å²) in [6.07, 6.45) is 6.18. The SMILES string of the molecule is COC(=O)c1cc(NC2(C)CCCC2)ncc1N. The van der Waals surface area contributed by atoms with Gasteiger partial charge in [0.25, 0.3) is 0 Å². The summed E-state index contributed by atoms with van der Waals surface area (Å²) in [5.41, 5.74) is 6.48. The molecule has 5 nitrogen and oxygen atoms in total. The van der Waals surface area contributed by atoms with Gasteiger partial charge >= 0.3 is 5.97 Å². The number of aromatic nitrogens is 1.